The summed E-state index contributed by atoms with van der Waals surface area (Å²) in [5.41, 5.74) is 8.97. The predicted octanol–water partition coefficient (Wildman–Crippen LogP) is 4.98. The molecule has 0 spiro atoms. The van der Waals surface area contributed by atoms with Crippen LogP contribution in [0.1, 0.15) is 11.1 Å². The number of aromatic nitrogens is 2. The lowest BCUT2D eigenvalue weighted by molar-refractivity contribution is 0.875. The van der Waals surface area contributed by atoms with Crippen LogP contribution in [0.25, 0.3) is 27.8 Å². The number of hydrogen-bond donors (Lipinski definition) is 0. The van der Waals surface area contributed by atoms with Gasteiger partial charge in [0.2, 0.25) is 0 Å². The number of para-hydroxylation sites is 2. The molecule has 0 radical (unpaired) electrons. The SMILES string of the molecule is CSc1c2c(cc3nc4ccccc4n13)-c1ccccc1CC2. The Balaban J connectivity index is 1.95. The van der Waals surface area contributed by atoms with E-state index in [1.807, 2.05) is 11.8 Å². The van der Waals surface area contributed by atoms with Gasteiger partial charge < -0.3 is 0 Å². The molecule has 1 aliphatic rings. The van der Waals surface area contributed by atoms with Crippen molar-refractivity contribution in [1.29, 1.82) is 0 Å². The fraction of sp³-hybridized carbons (Fsp3) is 0.150. The van der Waals surface area contributed by atoms with Crippen molar-refractivity contribution in [2.24, 2.45) is 0 Å². The molecule has 0 saturated heterocycles. The van der Waals surface area contributed by atoms with Crippen LogP contribution in [-0.2, 0) is 12.8 Å². The molecule has 23 heavy (non-hydrogen) atoms. The molecule has 0 bridgehead atoms. The highest BCUT2D eigenvalue weighted by molar-refractivity contribution is 7.98. The second-order valence-corrected chi connectivity index (χ2v) is 6.79. The lowest BCUT2D eigenvalue weighted by Crippen LogP contribution is -2.08. The van der Waals surface area contributed by atoms with E-state index in [2.05, 4.69) is 65.3 Å². The Morgan fingerprint density at radius 2 is 1.78 bits per heavy atom. The zero-order chi connectivity index (χ0) is 15.4. The van der Waals surface area contributed by atoms with Gasteiger partial charge in [-0.25, -0.2) is 4.98 Å². The molecule has 0 aliphatic heterocycles. The van der Waals surface area contributed by atoms with Crippen LogP contribution in [0.5, 0.6) is 0 Å². The second-order valence-electron chi connectivity index (χ2n) is 6.00. The van der Waals surface area contributed by atoms with Gasteiger partial charge in [0.1, 0.15) is 5.65 Å². The molecule has 5 rings (SSSR count). The number of nitrogens with zero attached hydrogens (tertiary/aromatic N) is 2. The van der Waals surface area contributed by atoms with E-state index in [4.69, 9.17) is 4.98 Å². The number of aryl methyl sites for hydroxylation is 1. The van der Waals surface area contributed by atoms with Gasteiger partial charge >= 0.3 is 0 Å². The third-order valence-electron chi connectivity index (χ3n) is 4.79. The second kappa shape index (κ2) is 4.87. The zero-order valence-electron chi connectivity index (χ0n) is 12.9. The number of pyridine rings is 1. The first-order valence-corrected chi connectivity index (χ1v) is 9.14. The minimum atomic E-state index is 1.05. The van der Waals surface area contributed by atoms with E-state index in [1.165, 1.54) is 32.8 Å². The van der Waals surface area contributed by atoms with Crippen molar-refractivity contribution >= 4 is 28.4 Å². The summed E-state index contributed by atoms with van der Waals surface area (Å²) < 4.78 is 2.33. The fourth-order valence-electron chi connectivity index (χ4n) is 3.78. The van der Waals surface area contributed by atoms with Gasteiger partial charge in [-0.3, -0.25) is 4.40 Å². The van der Waals surface area contributed by atoms with Gasteiger partial charge in [-0.1, -0.05) is 36.4 Å². The van der Waals surface area contributed by atoms with Gasteiger partial charge in [-0.2, -0.15) is 0 Å². The molecular weight excluding hydrogens is 300 g/mol. The summed E-state index contributed by atoms with van der Waals surface area (Å²) in [7, 11) is 0. The number of rotatable bonds is 1. The highest BCUT2D eigenvalue weighted by atomic mass is 32.2. The van der Waals surface area contributed by atoms with Crippen LogP contribution in [0, 0.1) is 0 Å². The van der Waals surface area contributed by atoms with Crippen molar-refractivity contribution in [2.45, 2.75) is 17.9 Å². The monoisotopic (exact) mass is 316 g/mol. The minimum absolute atomic E-state index is 1.05. The molecule has 0 N–H and O–H groups in total. The van der Waals surface area contributed by atoms with Crippen LogP contribution in [-0.4, -0.2) is 15.6 Å². The average molecular weight is 316 g/mol. The zero-order valence-corrected chi connectivity index (χ0v) is 13.7. The molecule has 2 heterocycles. The van der Waals surface area contributed by atoms with E-state index in [0.717, 1.165) is 24.0 Å². The third-order valence-corrected chi connectivity index (χ3v) is 5.61. The van der Waals surface area contributed by atoms with Crippen LogP contribution in [0.3, 0.4) is 0 Å². The minimum Gasteiger partial charge on any atom is -0.287 e. The first kappa shape index (κ1) is 13.2. The predicted molar refractivity (Wildman–Crippen MR) is 97.3 cm³/mol. The molecular formula is C20H16N2S. The van der Waals surface area contributed by atoms with Crippen molar-refractivity contribution in [2.75, 3.05) is 6.26 Å². The van der Waals surface area contributed by atoms with Crippen molar-refractivity contribution in [1.82, 2.24) is 9.38 Å². The van der Waals surface area contributed by atoms with Crippen LogP contribution in [0.4, 0.5) is 0 Å². The Bertz CT molecular complexity index is 1060. The van der Waals surface area contributed by atoms with E-state index in [1.54, 1.807) is 0 Å². The molecule has 1 aliphatic carbocycles. The topological polar surface area (TPSA) is 17.3 Å². The summed E-state index contributed by atoms with van der Waals surface area (Å²) in [6, 6.07) is 19.5. The molecule has 3 heteroatoms. The number of fused-ring (bicyclic) bond motifs is 6. The summed E-state index contributed by atoms with van der Waals surface area (Å²) in [5, 5.41) is 1.33. The summed E-state index contributed by atoms with van der Waals surface area (Å²) >= 11 is 1.83. The molecule has 0 saturated carbocycles. The molecule has 112 valence electrons. The molecule has 0 atom stereocenters. The maximum atomic E-state index is 4.85. The molecule has 0 unspecified atom stereocenters. The summed E-state index contributed by atoms with van der Waals surface area (Å²) in [4.78, 5) is 4.85. The number of hydrogen-bond acceptors (Lipinski definition) is 2. The molecule has 2 nitrogen and oxygen atoms in total. The standard InChI is InChI=1S/C20H16N2S/c1-23-20-15-11-10-13-6-2-3-7-14(13)16(15)12-19-21-17-8-4-5-9-18(17)22(19)20/h2-9,12H,10-11H2,1H3. The van der Waals surface area contributed by atoms with Crippen LogP contribution >= 0.6 is 11.8 Å². The molecule has 2 aromatic carbocycles. The number of thioether (sulfide) groups is 1. The van der Waals surface area contributed by atoms with Gasteiger partial charge in [-0.05, 0) is 59.6 Å². The number of benzene rings is 2. The van der Waals surface area contributed by atoms with E-state index in [9.17, 15) is 0 Å². The first-order chi connectivity index (χ1) is 11.4. The quantitative estimate of drug-likeness (QED) is 0.461. The van der Waals surface area contributed by atoms with Crippen molar-refractivity contribution in [3.8, 4) is 11.1 Å². The Kier molecular flexibility index (Phi) is 2.79. The lowest BCUT2D eigenvalue weighted by atomic mass is 9.87. The fourth-order valence-corrected chi connectivity index (χ4v) is 4.61. The molecule has 2 aromatic heterocycles. The van der Waals surface area contributed by atoms with Gasteiger partial charge in [-0.15, -0.1) is 11.8 Å². The normalized spacial score (nSPS) is 13.3. The van der Waals surface area contributed by atoms with Gasteiger partial charge in [0.15, 0.2) is 0 Å². The molecule has 4 aromatic rings. The Morgan fingerprint density at radius 1 is 0.957 bits per heavy atom. The van der Waals surface area contributed by atoms with Crippen LogP contribution in [0.2, 0.25) is 0 Å². The van der Waals surface area contributed by atoms with Gasteiger partial charge in [0.05, 0.1) is 16.1 Å². The maximum absolute atomic E-state index is 4.85. The smallest absolute Gasteiger partial charge is 0.139 e. The first-order valence-electron chi connectivity index (χ1n) is 7.92. The number of imidazole rings is 1. The maximum Gasteiger partial charge on any atom is 0.139 e. The Labute approximate surface area is 139 Å². The van der Waals surface area contributed by atoms with E-state index in [0.29, 0.717) is 0 Å². The summed E-state index contributed by atoms with van der Waals surface area (Å²) in [6.45, 7) is 0. The summed E-state index contributed by atoms with van der Waals surface area (Å²) in [6.07, 6.45) is 4.39. The van der Waals surface area contributed by atoms with E-state index in [-0.39, 0.29) is 0 Å². The summed E-state index contributed by atoms with van der Waals surface area (Å²) in [5.74, 6) is 0. The highest BCUT2D eigenvalue weighted by Crippen LogP contribution is 2.39. The largest absolute Gasteiger partial charge is 0.287 e. The average Bonchev–Trinajstić information content (AvgIpc) is 2.98. The van der Waals surface area contributed by atoms with E-state index >= 15 is 0 Å². The molecule has 0 fully saturated rings. The molecule has 0 amide bonds. The third kappa shape index (κ3) is 1.80. The van der Waals surface area contributed by atoms with Crippen molar-refractivity contribution in [3.05, 3.63) is 65.7 Å². The van der Waals surface area contributed by atoms with Crippen molar-refractivity contribution < 1.29 is 0 Å². The lowest BCUT2D eigenvalue weighted by Gasteiger charge is -2.23. The van der Waals surface area contributed by atoms with Gasteiger partial charge in [0.25, 0.3) is 0 Å². The van der Waals surface area contributed by atoms with Crippen LogP contribution < -0.4 is 0 Å². The van der Waals surface area contributed by atoms with Gasteiger partial charge in [0, 0.05) is 0 Å². The van der Waals surface area contributed by atoms with Crippen molar-refractivity contribution in [3.63, 3.8) is 0 Å². The highest BCUT2D eigenvalue weighted by Gasteiger charge is 2.22. The Hall–Kier alpha value is -2.26. The Morgan fingerprint density at radius 3 is 2.70 bits per heavy atom. The van der Waals surface area contributed by atoms with E-state index < -0.39 is 0 Å². The van der Waals surface area contributed by atoms with Crippen LogP contribution in [0.15, 0.2) is 59.6 Å².